The van der Waals surface area contributed by atoms with Crippen molar-refractivity contribution in [2.45, 2.75) is 139 Å². The van der Waals surface area contributed by atoms with Crippen LogP contribution in [0.5, 0.6) is 0 Å². The lowest BCUT2D eigenvalue weighted by atomic mass is 9.68. The van der Waals surface area contributed by atoms with Gasteiger partial charge in [0.2, 0.25) is 0 Å². The van der Waals surface area contributed by atoms with Crippen molar-refractivity contribution in [2.24, 2.45) is 16.2 Å². The van der Waals surface area contributed by atoms with Gasteiger partial charge in [0.1, 0.15) is 0 Å². The summed E-state index contributed by atoms with van der Waals surface area (Å²) in [6.45, 7) is 35.5. The van der Waals surface area contributed by atoms with E-state index in [1.807, 2.05) is 0 Å². The molecule has 2 rings (SSSR count). The lowest BCUT2D eigenvalue weighted by Gasteiger charge is -2.37. The summed E-state index contributed by atoms with van der Waals surface area (Å²) in [5, 5.41) is 3.82. The fourth-order valence-corrected chi connectivity index (χ4v) is 7.07. The van der Waals surface area contributed by atoms with Gasteiger partial charge in [-0.2, -0.15) is 0 Å². The topological polar surface area (TPSA) is 12.0 Å². The SMILES string of the molecule is CC(C)(C)CC(C)(C)c1ccc(Nc2ccc(C(C)(C)CC(C)(C)C)cc2C(C)(C)CC(C)(C)C)cc1. The third-order valence-corrected chi connectivity index (χ3v) is 7.39. The van der Waals surface area contributed by atoms with Crippen LogP contribution in [0.15, 0.2) is 42.5 Å². The lowest BCUT2D eigenvalue weighted by molar-refractivity contribution is 0.279. The van der Waals surface area contributed by atoms with Gasteiger partial charge in [-0.05, 0) is 86.6 Å². The molecule has 0 unspecified atom stereocenters. The Morgan fingerprint density at radius 1 is 0.459 bits per heavy atom. The predicted molar refractivity (Wildman–Crippen MR) is 167 cm³/mol. The second-order valence-corrected chi connectivity index (χ2v) is 17.3. The number of benzene rings is 2. The second-order valence-electron chi connectivity index (χ2n) is 17.3. The predicted octanol–water partition coefficient (Wildman–Crippen LogP) is 11.6. The highest BCUT2D eigenvalue weighted by Crippen LogP contribution is 2.44. The molecule has 0 bridgehead atoms. The molecule has 0 aromatic heterocycles. The smallest absolute Gasteiger partial charge is 0.0422 e. The van der Waals surface area contributed by atoms with Crippen LogP contribution in [0.2, 0.25) is 0 Å². The fraction of sp³-hybridized carbons (Fsp3) is 0.667. The Morgan fingerprint density at radius 3 is 1.27 bits per heavy atom. The van der Waals surface area contributed by atoms with E-state index in [9.17, 15) is 0 Å². The molecule has 0 aliphatic rings. The standard InChI is InChI=1S/C36H59N/c1-31(2,3)23-34(10,11)26-16-19-28(20-17-26)37-30-21-18-27(35(12,13)24-32(4,5)6)22-29(30)36(14,15)25-33(7,8)9/h16-22,37H,23-25H2,1-15H3. The number of nitrogens with one attached hydrogen (secondary N) is 1. The highest BCUT2D eigenvalue weighted by Gasteiger charge is 2.33. The number of hydrogen-bond acceptors (Lipinski definition) is 1. The van der Waals surface area contributed by atoms with Crippen molar-refractivity contribution in [3.05, 3.63) is 59.2 Å². The highest BCUT2D eigenvalue weighted by molar-refractivity contribution is 5.66. The number of rotatable bonds is 8. The van der Waals surface area contributed by atoms with E-state index >= 15 is 0 Å². The fourth-order valence-electron chi connectivity index (χ4n) is 7.07. The van der Waals surface area contributed by atoms with Crippen LogP contribution in [-0.4, -0.2) is 0 Å². The Hall–Kier alpha value is -1.76. The summed E-state index contributed by atoms with van der Waals surface area (Å²) in [7, 11) is 0. The highest BCUT2D eigenvalue weighted by atomic mass is 14.9. The minimum atomic E-state index is 0.0447. The Balaban J connectivity index is 2.49. The van der Waals surface area contributed by atoms with Gasteiger partial charge in [-0.1, -0.05) is 128 Å². The van der Waals surface area contributed by atoms with Gasteiger partial charge in [0, 0.05) is 11.4 Å². The van der Waals surface area contributed by atoms with Gasteiger partial charge in [-0.15, -0.1) is 0 Å². The van der Waals surface area contributed by atoms with E-state index < -0.39 is 0 Å². The Bertz CT molecular complexity index is 1030. The molecule has 0 aliphatic carbocycles. The molecule has 0 spiro atoms. The molecule has 208 valence electrons. The normalized spacial score (nSPS) is 14.1. The molecule has 0 saturated heterocycles. The van der Waals surface area contributed by atoms with Gasteiger partial charge >= 0.3 is 0 Å². The van der Waals surface area contributed by atoms with E-state index in [0.717, 1.165) is 24.9 Å². The van der Waals surface area contributed by atoms with Crippen molar-refractivity contribution < 1.29 is 0 Å². The zero-order chi connectivity index (χ0) is 28.7. The van der Waals surface area contributed by atoms with Crippen molar-refractivity contribution >= 4 is 11.4 Å². The van der Waals surface area contributed by atoms with Crippen molar-refractivity contribution in [1.82, 2.24) is 0 Å². The molecular formula is C36H59N. The molecule has 2 aromatic rings. The summed E-state index contributed by atoms with van der Waals surface area (Å²) in [5.74, 6) is 0. The molecule has 2 aromatic carbocycles. The maximum atomic E-state index is 3.82. The Kier molecular flexibility index (Phi) is 8.86. The summed E-state index contributed by atoms with van der Waals surface area (Å²) < 4.78 is 0. The first-order valence-electron chi connectivity index (χ1n) is 14.4. The summed E-state index contributed by atoms with van der Waals surface area (Å²) in [6, 6.07) is 16.3. The molecule has 0 fully saturated rings. The molecule has 0 aliphatic heterocycles. The molecule has 0 radical (unpaired) electrons. The average Bonchev–Trinajstić information content (AvgIpc) is 2.63. The molecule has 0 heterocycles. The quantitative estimate of drug-likeness (QED) is 0.376. The first kappa shape index (κ1) is 31.5. The summed E-state index contributed by atoms with van der Waals surface area (Å²) in [4.78, 5) is 0. The Morgan fingerprint density at radius 2 is 0.838 bits per heavy atom. The minimum Gasteiger partial charge on any atom is -0.355 e. The van der Waals surface area contributed by atoms with Crippen LogP contribution in [0.3, 0.4) is 0 Å². The minimum absolute atomic E-state index is 0.0447. The van der Waals surface area contributed by atoms with Gasteiger partial charge in [-0.3, -0.25) is 0 Å². The molecule has 1 N–H and O–H groups in total. The van der Waals surface area contributed by atoms with Crippen LogP contribution < -0.4 is 5.32 Å². The first-order chi connectivity index (χ1) is 16.4. The molecule has 1 heteroatoms. The maximum absolute atomic E-state index is 3.82. The molecule has 0 atom stereocenters. The van der Waals surface area contributed by atoms with Gasteiger partial charge < -0.3 is 5.32 Å². The third-order valence-electron chi connectivity index (χ3n) is 7.39. The second kappa shape index (κ2) is 10.4. The summed E-state index contributed by atoms with van der Waals surface area (Å²) >= 11 is 0. The van der Waals surface area contributed by atoms with Gasteiger partial charge in [0.25, 0.3) is 0 Å². The van der Waals surface area contributed by atoms with Crippen LogP contribution in [0.25, 0.3) is 0 Å². The largest absolute Gasteiger partial charge is 0.355 e. The van der Waals surface area contributed by atoms with Gasteiger partial charge in [0.05, 0.1) is 0 Å². The summed E-state index contributed by atoms with van der Waals surface area (Å²) in [6.07, 6.45) is 3.43. The summed E-state index contributed by atoms with van der Waals surface area (Å²) in [5.41, 5.74) is 7.78. The van der Waals surface area contributed by atoms with Crippen LogP contribution in [0.1, 0.15) is 140 Å². The van der Waals surface area contributed by atoms with Crippen molar-refractivity contribution in [2.75, 3.05) is 5.32 Å². The van der Waals surface area contributed by atoms with E-state index in [-0.39, 0.29) is 27.1 Å². The third kappa shape index (κ3) is 9.49. The average molecular weight is 506 g/mol. The van der Waals surface area contributed by atoms with Crippen LogP contribution in [0.4, 0.5) is 11.4 Å². The van der Waals surface area contributed by atoms with Crippen molar-refractivity contribution in [3.8, 4) is 0 Å². The molecule has 0 amide bonds. The Labute approximate surface area is 231 Å². The van der Waals surface area contributed by atoms with E-state index in [2.05, 4.69) is 152 Å². The zero-order valence-electron chi connectivity index (χ0n) is 27.2. The molecule has 1 nitrogen and oxygen atoms in total. The van der Waals surface area contributed by atoms with E-state index in [1.165, 1.54) is 22.4 Å². The maximum Gasteiger partial charge on any atom is 0.0422 e. The van der Waals surface area contributed by atoms with E-state index in [4.69, 9.17) is 0 Å². The van der Waals surface area contributed by atoms with Crippen molar-refractivity contribution in [3.63, 3.8) is 0 Å². The van der Waals surface area contributed by atoms with Crippen LogP contribution in [-0.2, 0) is 16.2 Å². The van der Waals surface area contributed by atoms with Crippen molar-refractivity contribution in [1.29, 1.82) is 0 Å². The van der Waals surface area contributed by atoms with E-state index in [1.54, 1.807) is 0 Å². The number of anilines is 2. The van der Waals surface area contributed by atoms with Gasteiger partial charge in [0.15, 0.2) is 0 Å². The first-order valence-corrected chi connectivity index (χ1v) is 14.4. The van der Waals surface area contributed by atoms with E-state index in [0.29, 0.717) is 5.41 Å². The van der Waals surface area contributed by atoms with Gasteiger partial charge in [-0.25, -0.2) is 0 Å². The van der Waals surface area contributed by atoms with Crippen LogP contribution >= 0.6 is 0 Å². The van der Waals surface area contributed by atoms with Crippen LogP contribution in [0, 0.1) is 16.2 Å². The number of hydrogen-bond donors (Lipinski definition) is 1. The molecule has 0 saturated carbocycles. The molecule has 37 heavy (non-hydrogen) atoms. The monoisotopic (exact) mass is 505 g/mol. The molecular weight excluding hydrogens is 446 g/mol. The lowest BCUT2D eigenvalue weighted by Crippen LogP contribution is -2.28. The zero-order valence-corrected chi connectivity index (χ0v) is 27.2.